The lowest BCUT2D eigenvalue weighted by Crippen LogP contribution is -1.91. The minimum absolute atomic E-state index is 0.460. The highest BCUT2D eigenvalue weighted by Crippen LogP contribution is 2.49. The first-order valence-corrected chi connectivity index (χ1v) is 26.6. The first-order valence-electron chi connectivity index (χ1n) is 53.6. The van der Waals surface area contributed by atoms with Gasteiger partial charge >= 0.3 is 0 Å². The van der Waals surface area contributed by atoms with Crippen LogP contribution in [0.2, 0.25) is 0 Å². The lowest BCUT2D eigenvalue weighted by Gasteiger charge is -2.18. The maximum atomic E-state index is 9.60. The highest BCUT2D eigenvalue weighted by molar-refractivity contribution is 6.27. The number of rotatable bonds is 6. The van der Waals surface area contributed by atoms with Crippen molar-refractivity contribution < 1.29 is 82.9 Å². The van der Waals surface area contributed by atoms with E-state index in [9.17, 15) is 27.4 Å². The fraction of sp³-hybridized carbons (Fsp3) is 0. The van der Waals surface area contributed by atoms with E-state index in [0.29, 0.717) is 0 Å². The van der Waals surface area contributed by atoms with Crippen LogP contribution in [0.4, 0.5) is 0 Å². The van der Waals surface area contributed by atoms with Crippen LogP contribution in [0.5, 0.6) is 0 Å². The molecular formula is C88H54O2. The monoisotopic (exact) mass is 1200 g/mol. The Morgan fingerprint density at radius 1 is 0.178 bits per heavy atom. The van der Waals surface area contributed by atoms with Crippen molar-refractivity contribution in [3.05, 3.63) is 326 Å². The van der Waals surface area contributed by atoms with Gasteiger partial charge in [-0.15, -0.1) is 0 Å². The highest BCUT2D eigenvalue weighted by Gasteiger charge is 2.23. The summed E-state index contributed by atoms with van der Waals surface area (Å²) in [6.07, 6.45) is 0. The highest BCUT2D eigenvalue weighted by atomic mass is 16.3. The zero-order valence-electron chi connectivity index (χ0n) is 98.8. The van der Waals surface area contributed by atoms with Crippen molar-refractivity contribution in [2.24, 2.45) is 0 Å². The van der Waals surface area contributed by atoms with Gasteiger partial charge < -0.3 is 8.83 Å². The molecule has 0 N–H and O–H groups in total. The maximum absolute atomic E-state index is 9.60. The SMILES string of the molecule is [2H]c1c([2H])c(-c2c3c([2H])c([2H])c([2H])c([2H])c3c(-c3c([2H])c([2H])c([2H])c4oc5c([2H])c([2H])c([2H])c([2H])c5c34)c3c([2H])c([2H])c([2H])c([2H])c23)c([2H])c([2H])c1-c1c([2H])c([2H])c2c([2H])c([2H])c([2H])c([2H])c2c1[2H].[2H]c1c([2H])c(-c2c3c([2H])c([2H])c([2H])c([2H])c3c(-c3c([2H])c([2H])c([2H])c4oc5c([2H])c([2H])c([2H])c([2H])c5c34)c3c([2H])c([2H])c([2H])c([2H])c23)c([2H])c([2H])c1-c1c([2H])c([2H])c2c(c1[2H])c([2H])c([2H])c1c([2H])c([2H])c([2H])c([2H])c12. The molecule has 0 unspecified atom stereocenters. The molecule has 17 aromatic carbocycles. The molecule has 0 atom stereocenters. The van der Waals surface area contributed by atoms with E-state index in [1.54, 1.807) is 0 Å². The van der Waals surface area contributed by atoms with Crippen LogP contribution >= 0.6 is 0 Å². The molecule has 2 nitrogen and oxygen atoms in total. The second-order valence-corrected chi connectivity index (χ2v) is 19.5. The van der Waals surface area contributed by atoms with E-state index in [1.165, 1.54) is 0 Å². The predicted octanol–water partition coefficient (Wildman–Crippen LogP) is 25.2. The second kappa shape index (κ2) is 21.0. The summed E-state index contributed by atoms with van der Waals surface area (Å²) in [5, 5.41) is -10.8. The molecule has 2 heterocycles. The van der Waals surface area contributed by atoms with Gasteiger partial charge in [0.25, 0.3) is 0 Å². The molecule has 0 radical (unpaired) electrons. The molecule has 19 aromatic rings. The number of benzene rings is 17. The smallest absolute Gasteiger partial charge is 0.136 e. The average molecular weight is 1200 g/mol. The summed E-state index contributed by atoms with van der Waals surface area (Å²) in [5.41, 5.74) is -11.4. The molecular weight excluding hydrogens is 1090 g/mol. The third-order valence-electron chi connectivity index (χ3n) is 14.7. The van der Waals surface area contributed by atoms with Crippen LogP contribution in [0.1, 0.15) is 74.0 Å². The van der Waals surface area contributed by atoms with Crippen LogP contribution in [0, 0.1) is 0 Å². The van der Waals surface area contributed by atoms with E-state index in [2.05, 4.69) is 0 Å². The predicted molar refractivity (Wildman–Crippen MR) is 383 cm³/mol. The summed E-state index contributed by atoms with van der Waals surface area (Å²) < 4.78 is 495. The largest absolute Gasteiger partial charge is 0.456 e. The third-order valence-corrected chi connectivity index (χ3v) is 14.7. The van der Waals surface area contributed by atoms with Gasteiger partial charge in [-0.05, 0) is 178 Å². The van der Waals surface area contributed by atoms with Crippen molar-refractivity contribution in [3.8, 4) is 66.8 Å². The molecule has 0 aliphatic carbocycles. The molecule has 2 aromatic heterocycles. The van der Waals surface area contributed by atoms with Crippen LogP contribution in [-0.2, 0) is 0 Å². The lowest BCUT2D eigenvalue weighted by molar-refractivity contribution is 0.668. The molecule has 19 rings (SSSR count). The Morgan fingerprint density at radius 2 is 0.478 bits per heavy atom. The van der Waals surface area contributed by atoms with E-state index < -0.39 is 512 Å². The molecule has 0 saturated heterocycles. The standard InChI is InChI=1S/C46H28O.C42H26O/c1-2-11-34-30(10-1)22-25-33-28-32(26-27-35(33)34)29-20-23-31(24-21-29)44-36-12-3-5-14-38(36)45(39-15-6-4-13-37(39)44)41-17-9-19-43-46(41)40-16-7-8-18-42(40)47-43;1-2-11-30-26-31(25-22-27(30)10-1)28-20-23-29(24-21-28)40-32-12-3-5-14-34(32)41(35-15-6-4-13-33(35)40)37-17-9-19-39-42(37)36-16-7-8-18-38(36)43-39/h1-28H;1-26H/i1D,2D,3D,4D,5D,6D,7D,8D,9D,10D,11D,12D,13D,14D,15D,16D,17D,18D,19D,20D,21D,22D,23D,24D,25D,26D,27D,28D;1D,2D,3D,4D,5D,6D,7D,8D,9D,10D,11D,12D,13D,14D,15D,16D,17D,18D,19D,20D,21D,22D,23D,24D,25D,26D. The van der Waals surface area contributed by atoms with Crippen LogP contribution in [0.3, 0.4) is 0 Å². The Hall–Kier alpha value is -11.8. The molecule has 418 valence electrons. The molecule has 0 aliphatic rings. The quantitative estimate of drug-likeness (QED) is 0.123. The molecule has 0 saturated carbocycles. The molecule has 0 aliphatic heterocycles. The van der Waals surface area contributed by atoms with Gasteiger partial charge in [0.2, 0.25) is 0 Å². The van der Waals surface area contributed by atoms with Gasteiger partial charge in [-0.2, -0.15) is 0 Å². The van der Waals surface area contributed by atoms with E-state index >= 15 is 0 Å². The zero-order valence-corrected chi connectivity index (χ0v) is 44.8. The number of hydrogen-bond acceptors (Lipinski definition) is 2. The Labute approximate surface area is 595 Å². The number of hydrogen-bond donors (Lipinski definition) is 0. The van der Waals surface area contributed by atoms with Gasteiger partial charge in [-0.3, -0.25) is 0 Å². The summed E-state index contributed by atoms with van der Waals surface area (Å²) in [5.74, 6) is 0. The molecule has 2 heteroatoms. The van der Waals surface area contributed by atoms with E-state index in [4.69, 9.17) is 55.4 Å². The van der Waals surface area contributed by atoms with Gasteiger partial charge in [0, 0.05) is 21.5 Å². The summed E-state index contributed by atoms with van der Waals surface area (Å²) in [6.45, 7) is 0. The second-order valence-electron chi connectivity index (χ2n) is 19.5. The van der Waals surface area contributed by atoms with Crippen LogP contribution < -0.4 is 0 Å². The van der Waals surface area contributed by atoms with Gasteiger partial charge in [0.15, 0.2) is 0 Å². The first-order chi connectivity index (χ1) is 67.1. The minimum atomic E-state index is -1.11. The number of para-hydroxylation sites is 2. The van der Waals surface area contributed by atoms with E-state index in [-0.39, 0.29) is 0 Å². The van der Waals surface area contributed by atoms with E-state index in [0.717, 1.165) is 0 Å². The number of fused-ring (bicyclic) bond motifs is 14. The molecule has 0 amide bonds. The first kappa shape index (κ1) is 20.9. The van der Waals surface area contributed by atoms with Crippen molar-refractivity contribution in [2.45, 2.75) is 0 Å². The topological polar surface area (TPSA) is 26.3 Å². The molecule has 0 spiro atoms. The van der Waals surface area contributed by atoms with Crippen molar-refractivity contribution in [1.29, 1.82) is 0 Å². The normalized spacial score (nSPS) is 20.2. The fourth-order valence-corrected chi connectivity index (χ4v) is 10.9. The Morgan fingerprint density at radius 3 is 0.944 bits per heavy atom. The maximum Gasteiger partial charge on any atom is 0.136 e. The average Bonchev–Trinajstić information content (AvgIpc) is 1.19. The van der Waals surface area contributed by atoms with Crippen LogP contribution in [0.25, 0.3) is 186 Å². The van der Waals surface area contributed by atoms with Crippen molar-refractivity contribution in [2.75, 3.05) is 0 Å². The van der Waals surface area contributed by atoms with Gasteiger partial charge in [-0.25, -0.2) is 0 Å². The summed E-state index contributed by atoms with van der Waals surface area (Å²) >= 11 is 0. The Balaban J connectivity index is 0.000000190. The van der Waals surface area contributed by atoms with Gasteiger partial charge in [-0.1, -0.05) is 290 Å². The molecule has 0 bridgehead atoms. The fourth-order valence-electron chi connectivity index (χ4n) is 10.9. The lowest BCUT2D eigenvalue weighted by atomic mass is 9.84. The van der Waals surface area contributed by atoms with Crippen LogP contribution in [0.15, 0.2) is 335 Å². The Kier molecular flexibility index (Phi) is 4.87. The molecule has 90 heavy (non-hydrogen) atoms. The summed E-state index contributed by atoms with van der Waals surface area (Å²) in [6, 6.07) is -49.2. The van der Waals surface area contributed by atoms with Gasteiger partial charge in [0.05, 0.1) is 74.0 Å². The van der Waals surface area contributed by atoms with Crippen molar-refractivity contribution in [1.82, 2.24) is 0 Å². The third kappa shape index (κ3) is 8.34. The molecule has 0 fully saturated rings. The summed E-state index contributed by atoms with van der Waals surface area (Å²) in [7, 11) is 0. The van der Waals surface area contributed by atoms with Crippen molar-refractivity contribution >= 4 is 119 Å². The summed E-state index contributed by atoms with van der Waals surface area (Å²) in [4.78, 5) is 0. The van der Waals surface area contributed by atoms with Crippen LogP contribution in [-0.4, -0.2) is 0 Å². The van der Waals surface area contributed by atoms with Gasteiger partial charge in [0.1, 0.15) is 22.3 Å². The van der Waals surface area contributed by atoms with E-state index in [1.807, 2.05) is 0 Å². The zero-order chi connectivity index (χ0) is 106. The Bertz CT molecular complexity index is 9260. The number of furan rings is 2. The minimum Gasteiger partial charge on any atom is -0.456 e. The van der Waals surface area contributed by atoms with Crippen molar-refractivity contribution in [3.63, 3.8) is 0 Å².